The van der Waals surface area contributed by atoms with E-state index in [-0.39, 0.29) is 0 Å². The molecule has 0 saturated carbocycles. The standard InChI is InChI=1S/C5H13ClOS/c1-4-8(6,5-2)7-3/h4-5H2,1-3H3. The molecule has 52 valence electrons. The summed E-state index contributed by atoms with van der Waals surface area (Å²) >= 11 is 0. The van der Waals surface area contributed by atoms with Gasteiger partial charge in [0.15, 0.2) is 0 Å². The van der Waals surface area contributed by atoms with Gasteiger partial charge in [-0.3, -0.25) is 0 Å². The third-order valence-electron chi connectivity index (χ3n) is 1.16. The predicted molar refractivity (Wildman–Crippen MR) is 41.5 cm³/mol. The second kappa shape index (κ2) is 3.59. The molecule has 0 unspecified atom stereocenters. The molecule has 0 N–H and O–H groups in total. The van der Waals surface area contributed by atoms with E-state index in [1.165, 1.54) is 0 Å². The van der Waals surface area contributed by atoms with E-state index >= 15 is 0 Å². The number of rotatable bonds is 3. The second-order valence-electron chi connectivity index (χ2n) is 1.47. The van der Waals surface area contributed by atoms with Gasteiger partial charge in [-0.05, 0) is 10.7 Å². The minimum atomic E-state index is -1.18. The van der Waals surface area contributed by atoms with Gasteiger partial charge < -0.3 is 4.18 Å². The average molecular weight is 157 g/mol. The molecule has 3 heteroatoms. The van der Waals surface area contributed by atoms with Crippen LogP contribution in [0, 0.1) is 0 Å². The number of halogens is 1. The van der Waals surface area contributed by atoms with Crippen molar-refractivity contribution in [1.29, 1.82) is 0 Å². The molecular formula is C5H13ClOS. The van der Waals surface area contributed by atoms with Crippen molar-refractivity contribution in [2.75, 3.05) is 18.6 Å². The van der Waals surface area contributed by atoms with Gasteiger partial charge in [-0.2, -0.15) is 0 Å². The second-order valence-corrected chi connectivity index (χ2v) is 6.08. The topological polar surface area (TPSA) is 9.23 Å². The first kappa shape index (κ1) is 8.60. The van der Waals surface area contributed by atoms with Gasteiger partial charge in [-0.1, -0.05) is 23.4 Å². The lowest BCUT2D eigenvalue weighted by molar-refractivity contribution is 0.474. The third kappa shape index (κ3) is 2.25. The highest BCUT2D eigenvalue weighted by Gasteiger charge is 2.13. The highest BCUT2D eigenvalue weighted by Crippen LogP contribution is 2.52. The molecule has 0 atom stereocenters. The van der Waals surface area contributed by atoms with Crippen LogP contribution < -0.4 is 0 Å². The van der Waals surface area contributed by atoms with Crippen LogP contribution in [0.15, 0.2) is 0 Å². The van der Waals surface area contributed by atoms with Gasteiger partial charge in [0, 0.05) is 18.6 Å². The fourth-order valence-corrected chi connectivity index (χ4v) is 1.32. The largest absolute Gasteiger partial charge is 0.326 e. The smallest absolute Gasteiger partial charge is 0.0496 e. The summed E-state index contributed by atoms with van der Waals surface area (Å²) in [6.45, 7) is 4.10. The molecule has 8 heavy (non-hydrogen) atoms. The molecule has 0 aliphatic carbocycles. The first-order chi connectivity index (χ1) is 3.68. The van der Waals surface area contributed by atoms with Gasteiger partial charge in [-0.25, -0.2) is 0 Å². The van der Waals surface area contributed by atoms with Crippen LogP contribution in [0.25, 0.3) is 0 Å². The Morgan fingerprint density at radius 1 is 1.38 bits per heavy atom. The summed E-state index contributed by atoms with van der Waals surface area (Å²) in [5.74, 6) is 1.89. The summed E-state index contributed by atoms with van der Waals surface area (Å²) in [4.78, 5) is 0. The summed E-state index contributed by atoms with van der Waals surface area (Å²) < 4.78 is 5.08. The Morgan fingerprint density at radius 3 is 1.75 bits per heavy atom. The third-order valence-corrected chi connectivity index (χ3v) is 5.17. The molecule has 0 radical (unpaired) electrons. The first-order valence-corrected chi connectivity index (χ1v) is 5.44. The van der Waals surface area contributed by atoms with Crippen molar-refractivity contribution in [3.05, 3.63) is 0 Å². The van der Waals surface area contributed by atoms with Crippen molar-refractivity contribution in [2.45, 2.75) is 13.8 Å². The molecule has 0 amide bonds. The van der Waals surface area contributed by atoms with Crippen molar-refractivity contribution in [2.24, 2.45) is 0 Å². The van der Waals surface area contributed by atoms with Gasteiger partial charge in [0.25, 0.3) is 0 Å². The summed E-state index contributed by atoms with van der Waals surface area (Å²) in [6.07, 6.45) is 0. The van der Waals surface area contributed by atoms with E-state index in [9.17, 15) is 0 Å². The van der Waals surface area contributed by atoms with Crippen LogP contribution in [0.2, 0.25) is 0 Å². The molecule has 0 spiro atoms. The van der Waals surface area contributed by atoms with Gasteiger partial charge in [0.2, 0.25) is 0 Å². The van der Waals surface area contributed by atoms with Crippen molar-refractivity contribution in [1.82, 2.24) is 0 Å². The van der Waals surface area contributed by atoms with Crippen LogP contribution in [0.1, 0.15) is 13.8 Å². The fourth-order valence-electron chi connectivity index (χ4n) is 0.440. The molecule has 1 nitrogen and oxygen atoms in total. The van der Waals surface area contributed by atoms with Gasteiger partial charge in [0.05, 0.1) is 0 Å². The summed E-state index contributed by atoms with van der Waals surface area (Å²) in [5, 5.41) is 0. The zero-order valence-corrected chi connectivity index (χ0v) is 7.18. The zero-order chi connectivity index (χ0) is 6.62. The summed E-state index contributed by atoms with van der Waals surface area (Å²) in [5.41, 5.74) is 0. The molecule has 0 aromatic carbocycles. The van der Waals surface area contributed by atoms with Gasteiger partial charge in [-0.15, -0.1) is 0 Å². The van der Waals surface area contributed by atoms with E-state index in [0.717, 1.165) is 11.5 Å². The van der Waals surface area contributed by atoms with E-state index in [1.807, 2.05) is 0 Å². The Morgan fingerprint density at radius 2 is 1.75 bits per heavy atom. The molecule has 0 heterocycles. The highest BCUT2D eigenvalue weighted by molar-refractivity contribution is 8.47. The molecule has 0 saturated heterocycles. The Kier molecular flexibility index (Phi) is 3.86. The normalized spacial score (nSPS) is 14.0. The molecule has 0 aliphatic rings. The van der Waals surface area contributed by atoms with Gasteiger partial charge in [0.1, 0.15) is 0 Å². The Hall–Kier alpha value is 0.600. The maximum atomic E-state index is 5.95. The molecule has 0 aromatic rings. The summed E-state index contributed by atoms with van der Waals surface area (Å²) in [6, 6.07) is 0. The lowest BCUT2D eigenvalue weighted by Gasteiger charge is -2.27. The lowest BCUT2D eigenvalue weighted by atomic mass is 11.0. The van der Waals surface area contributed by atoms with E-state index in [0.29, 0.717) is 0 Å². The van der Waals surface area contributed by atoms with Crippen LogP contribution in [0.5, 0.6) is 0 Å². The minimum absolute atomic E-state index is 0.946. The number of hydrogen-bond donors (Lipinski definition) is 0. The summed E-state index contributed by atoms with van der Waals surface area (Å²) in [7, 11) is 6.45. The lowest BCUT2D eigenvalue weighted by Crippen LogP contribution is -1.98. The maximum Gasteiger partial charge on any atom is 0.0496 e. The molecule has 0 bridgehead atoms. The van der Waals surface area contributed by atoms with Crippen LogP contribution in [0.4, 0.5) is 0 Å². The maximum absolute atomic E-state index is 5.95. The van der Waals surface area contributed by atoms with Crippen molar-refractivity contribution >= 4 is 20.2 Å². The number of hydrogen-bond acceptors (Lipinski definition) is 1. The highest BCUT2D eigenvalue weighted by atomic mass is 35.7. The zero-order valence-electron chi connectivity index (χ0n) is 5.61. The monoisotopic (exact) mass is 156 g/mol. The van der Waals surface area contributed by atoms with E-state index in [4.69, 9.17) is 14.9 Å². The quantitative estimate of drug-likeness (QED) is 0.611. The van der Waals surface area contributed by atoms with Crippen LogP contribution in [-0.4, -0.2) is 18.6 Å². The first-order valence-electron chi connectivity index (χ1n) is 2.72. The van der Waals surface area contributed by atoms with Crippen molar-refractivity contribution < 1.29 is 4.18 Å². The van der Waals surface area contributed by atoms with Crippen LogP contribution >= 0.6 is 20.2 Å². The van der Waals surface area contributed by atoms with Crippen molar-refractivity contribution in [3.63, 3.8) is 0 Å². The molecule has 0 aliphatic heterocycles. The molecule has 0 rings (SSSR count). The van der Waals surface area contributed by atoms with Crippen LogP contribution in [-0.2, 0) is 4.18 Å². The van der Waals surface area contributed by atoms with E-state index in [1.54, 1.807) is 7.11 Å². The average Bonchev–Trinajstić information content (AvgIpc) is 1.87. The van der Waals surface area contributed by atoms with E-state index < -0.39 is 9.52 Å². The van der Waals surface area contributed by atoms with E-state index in [2.05, 4.69) is 13.8 Å². The minimum Gasteiger partial charge on any atom is -0.326 e. The Bertz CT molecular complexity index is 55.2. The van der Waals surface area contributed by atoms with Crippen LogP contribution in [0.3, 0.4) is 0 Å². The SMILES string of the molecule is CCS(Cl)(CC)OC. The van der Waals surface area contributed by atoms with Crippen molar-refractivity contribution in [3.8, 4) is 0 Å². The molecule has 0 fully saturated rings. The predicted octanol–water partition coefficient (Wildman–Crippen LogP) is 2.55. The molecular weight excluding hydrogens is 144 g/mol. The Labute approximate surface area is 57.4 Å². The molecule has 0 aromatic heterocycles. The Balaban J connectivity index is 3.58. The fraction of sp³-hybridized carbons (Fsp3) is 1.00. The van der Waals surface area contributed by atoms with Gasteiger partial charge >= 0.3 is 0 Å².